The minimum absolute atomic E-state index is 0.159. The number of halogens is 3. The molecule has 0 N–H and O–H groups in total. The second-order valence-electron chi connectivity index (χ2n) is 11.9. The maximum absolute atomic E-state index is 12.9. The van der Waals surface area contributed by atoms with Crippen molar-refractivity contribution in [2.24, 2.45) is 0 Å². The van der Waals surface area contributed by atoms with Gasteiger partial charge in [0.1, 0.15) is 0 Å². The Morgan fingerprint density at radius 1 is 0.574 bits per heavy atom. The number of nitrogens with zero attached hydrogens (tertiary/aromatic N) is 2. The first-order valence-electron chi connectivity index (χ1n) is 17.1. The van der Waals surface area contributed by atoms with E-state index in [9.17, 15) is 13.2 Å². The number of rotatable bonds is 20. The topological polar surface area (TPSA) is 57.4 Å². The van der Waals surface area contributed by atoms with E-state index in [1.165, 1.54) is 76.3 Å². The largest absolute Gasteiger partial charge is 0.490 e. The van der Waals surface area contributed by atoms with Gasteiger partial charge in [0.15, 0.2) is 11.5 Å². The molecule has 4 rings (SSSR count). The molecule has 0 bridgehead atoms. The van der Waals surface area contributed by atoms with E-state index in [4.69, 9.17) is 13.9 Å². The van der Waals surface area contributed by atoms with Crippen LogP contribution >= 0.6 is 0 Å². The molecule has 0 fully saturated rings. The van der Waals surface area contributed by atoms with Crippen LogP contribution in [0.4, 0.5) is 13.2 Å². The number of alkyl halides is 3. The third-order valence-corrected chi connectivity index (χ3v) is 7.99. The third kappa shape index (κ3) is 11.9. The molecule has 252 valence electrons. The molecule has 0 atom stereocenters. The van der Waals surface area contributed by atoms with Gasteiger partial charge in [-0.05, 0) is 72.5 Å². The molecule has 3 aromatic carbocycles. The Morgan fingerprint density at radius 3 is 1.60 bits per heavy atom. The first kappa shape index (κ1) is 35.8. The van der Waals surface area contributed by atoms with Crippen molar-refractivity contribution < 1.29 is 27.1 Å². The van der Waals surface area contributed by atoms with E-state index in [0.717, 1.165) is 47.6 Å². The zero-order valence-corrected chi connectivity index (χ0v) is 27.7. The zero-order chi connectivity index (χ0) is 33.3. The molecule has 5 nitrogen and oxygen atoms in total. The van der Waals surface area contributed by atoms with Crippen LogP contribution in [0.25, 0.3) is 35.1 Å². The summed E-state index contributed by atoms with van der Waals surface area (Å²) >= 11 is 0. The smallest absolute Gasteiger partial charge is 0.416 e. The number of unbranched alkanes of at least 4 members (excludes halogenated alkanes) is 10. The molecule has 47 heavy (non-hydrogen) atoms. The number of hydrogen-bond acceptors (Lipinski definition) is 5. The van der Waals surface area contributed by atoms with Crippen LogP contribution in [-0.2, 0) is 6.18 Å². The quantitative estimate of drug-likeness (QED) is 0.0705. The van der Waals surface area contributed by atoms with Gasteiger partial charge in [0.25, 0.3) is 0 Å². The van der Waals surface area contributed by atoms with Gasteiger partial charge in [-0.25, -0.2) is 0 Å². The average molecular weight is 649 g/mol. The summed E-state index contributed by atoms with van der Waals surface area (Å²) in [5, 5.41) is 8.10. The number of aromatic nitrogens is 2. The summed E-state index contributed by atoms with van der Waals surface area (Å²) in [4.78, 5) is 0. The highest BCUT2D eigenvalue weighted by atomic mass is 19.4. The van der Waals surface area contributed by atoms with Gasteiger partial charge >= 0.3 is 6.18 Å². The van der Waals surface area contributed by atoms with Crippen LogP contribution in [0.3, 0.4) is 0 Å². The monoisotopic (exact) mass is 648 g/mol. The lowest BCUT2D eigenvalue weighted by atomic mass is 10.1. The lowest BCUT2D eigenvalue weighted by molar-refractivity contribution is -0.137. The summed E-state index contributed by atoms with van der Waals surface area (Å²) in [5.41, 5.74) is 2.40. The molecule has 8 heteroatoms. The Morgan fingerprint density at radius 2 is 1.04 bits per heavy atom. The van der Waals surface area contributed by atoms with Crippen molar-refractivity contribution in [3.63, 3.8) is 0 Å². The molecule has 0 saturated carbocycles. The zero-order valence-electron chi connectivity index (χ0n) is 27.7. The molecular formula is C39H47F3N2O3. The minimum atomic E-state index is -4.40. The molecule has 0 radical (unpaired) electrons. The Bertz CT molecular complexity index is 1500. The summed E-state index contributed by atoms with van der Waals surface area (Å²) in [6.07, 6.45) is 14.2. The fourth-order valence-electron chi connectivity index (χ4n) is 5.18. The van der Waals surface area contributed by atoms with Gasteiger partial charge in [-0.1, -0.05) is 108 Å². The number of ether oxygens (including phenoxy) is 2. The van der Waals surface area contributed by atoms with E-state index in [1.54, 1.807) is 0 Å². The Balaban J connectivity index is 1.36. The fraction of sp³-hybridized carbons (Fsp3) is 0.436. The molecule has 0 saturated heterocycles. The molecule has 0 amide bonds. The second-order valence-corrected chi connectivity index (χ2v) is 11.9. The van der Waals surface area contributed by atoms with Crippen LogP contribution in [0.2, 0.25) is 0 Å². The molecular weight excluding hydrogens is 601 g/mol. The predicted molar refractivity (Wildman–Crippen MR) is 183 cm³/mol. The number of hydrogen-bond donors (Lipinski definition) is 0. The van der Waals surface area contributed by atoms with E-state index < -0.39 is 11.7 Å². The highest BCUT2D eigenvalue weighted by Gasteiger charge is 2.30. The van der Waals surface area contributed by atoms with Gasteiger partial charge < -0.3 is 13.9 Å². The molecule has 0 spiro atoms. The van der Waals surface area contributed by atoms with Gasteiger partial charge in [-0.15, -0.1) is 10.2 Å². The van der Waals surface area contributed by atoms with E-state index in [-0.39, 0.29) is 5.89 Å². The van der Waals surface area contributed by atoms with Gasteiger partial charge in [0.2, 0.25) is 11.8 Å². The van der Waals surface area contributed by atoms with Crippen LogP contribution in [0.5, 0.6) is 11.5 Å². The van der Waals surface area contributed by atoms with Gasteiger partial charge in [0, 0.05) is 11.1 Å². The van der Waals surface area contributed by atoms with Crippen LogP contribution in [0, 0.1) is 0 Å². The second kappa shape index (κ2) is 18.9. The minimum Gasteiger partial charge on any atom is -0.490 e. The fourth-order valence-corrected chi connectivity index (χ4v) is 5.18. The Labute approximate surface area is 277 Å². The summed E-state index contributed by atoms with van der Waals surface area (Å²) in [6.45, 7) is 5.82. The van der Waals surface area contributed by atoms with Crippen molar-refractivity contribution >= 4 is 12.2 Å². The van der Waals surface area contributed by atoms with Crippen molar-refractivity contribution in [3.05, 3.63) is 83.4 Å². The third-order valence-electron chi connectivity index (χ3n) is 7.99. The van der Waals surface area contributed by atoms with E-state index in [1.807, 2.05) is 54.6 Å². The van der Waals surface area contributed by atoms with Crippen molar-refractivity contribution in [2.45, 2.75) is 97.1 Å². The van der Waals surface area contributed by atoms with E-state index in [0.29, 0.717) is 30.2 Å². The highest BCUT2D eigenvalue weighted by molar-refractivity contribution is 5.72. The van der Waals surface area contributed by atoms with Crippen molar-refractivity contribution in [1.82, 2.24) is 10.2 Å². The lowest BCUT2D eigenvalue weighted by Crippen LogP contribution is -2.03. The Kier molecular flexibility index (Phi) is 14.4. The summed E-state index contributed by atoms with van der Waals surface area (Å²) in [7, 11) is 0. The summed E-state index contributed by atoms with van der Waals surface area (Å²) in [6, 6.07) is 18.4. The molecule has 1 aromatic heterocycles. The molecule has 0 aliphatic heterocycles. The highest BCUT2D eigenvalue weighted by Crippen LogP contribution is 2.32. The molecule has 4 aromatic rings. The SMILES string of the molecule is CCCCCCCCOc1ccc(/C=C/c2ccc(-c3nnc(-c4ccc(C(F)(F)F)cc4)o3)cc2)cc1OCCCCCCCC. The molecule has 0 aliphatic rings. The number of benzene rings is 3. The van der Waals surface area contributed by atoms with Crippen LogP contribution in [0.15, 0.2) is 71.1 Å². The maximum Gasteiger partial charge on any atom is 0.416 e. The molecule has 0 aliphatic carbocycles. The van der Waals surface area contributed by atoms with E-state index in [2.05, 4.69) is 24.0 Å². The van der Waals surface area contributed by atoms with Crippen LogP contribution in [0.1, 0.15) is 108 Å². The van der Waals surface area contributed by atoms with Crippen molar-refractivity contribution in [2.75, 3.05) is 13.2 Å². The lowest BCUT2D eigenvalue weighted by Gasteiger charge is -2.14. The van der Waals surface area contributed by atoms with Crippen LogP contribution < -0.4 is 9.47 Å². The first-order chi connectivity index (χ1) is 22.9. The van der Waals surface area contributed by atoms with Gasteiger partial charge in [-0.3, -0.25) is 0 Å². The first-order valence-corrected chi connectivity index (χ1v) is 17.1. The normalized spacial score (nSPS) is 11.8. The molecule has 0 unspecified atom stereocenters. The van der Waals surface area contributed by atoms with Gasteiger partial charge in [0.05, 0.1) is 18.8 Å². The predicted octanol–water partition coefficient (Wildman–Crippen LogP) is 12.1. The Hall–Kier alpha value is -4.07. The summed E-state index contributed by atoms with van der Waals surface area (Å²) < 4.78 is 56.8. The standard InChI is InChI=1S/C39H47F3N2O3/c1-3-5-7-9-11-13-27-45-35-26-19-31(29-36(35)46-28-14-12-10-8-6-4-2)16-15-30-17-20-32(21-18-30)37-43-44-38(47-37)33-22-24-34(25-23-33)39(40,41)42/h15-26,29H,3-14,27-28H2,1-2H3/b16-15+. The van der Waals surface area contributed by atoms with Crippen molar-refractivity contribution in [1.29, 1.82) is 0 Å². The maximum atomic E-state index is 12.9. The van der Waals surface area contributed by atoms with Gasteiger partial charge in [-0.2, -0.15) is 13.2 Å². The van der Waals surface area contributed by atoms with Crippen LogP contribution in [-0.4, -0.2) is 23.4 Å². The molecule has 1 heterocycles. The average Bonchev–Trinajstić information content (AvgIpc) is 3.58. The van der Waals surface area contributed by atoms with E-state index >= 15 is 0 Å². The van der Waals surface area contributed by atoms with Crippen molar-refractivity contribution in [3.8, 4) is 34.4 Å². The summed E-state index contributed by atoms with van der Waals surface area (Å²) in [5.74, 6) is 2.02.